The number of furan rings is 1. The number of nitrogens with one attached hydrogen (secondary N) is 1. The van der Waals surface area contributed by atoms with Gasteiger partial charge in [-0.15, -0.1) is 0 Å². The van der Waals surface area contributed by atoms with E-state index >= 15 is 0 Å². The maximum atomic E-state index is 12.1. The van der Waals surface area contributed by atoms with E-state index in [0.29, 0.717) is 13.0 Å². The van der Waals surface area contributed by atoms with Gasteiger partial charge in [0, 0.05) is 19.2 Å². The number of amides is 1. The van der Waals surface area contributed by atoms with Crippen molar-refractivity contribution in [2.24, 2.45) is 0 Å². The molecule has 1 amide bonds. The number of rotatable bonds is 4. The molecule has 1 aromatic rings. The van der Waals surface area contributed by atoms with Gasteiger partial charge in [0.25, 0.3) is 0 Å². The smallest absolute Gasteiger partial charge is 0.237 e. The van der Waals surface area contributed by atoms with Crippen LogP contribution in [-0.2, 0) is 11.3 Å². The molecule has 1 aliphatic heterocycles. The molecule has 0 radical (unpaired) electrons. The molecule has 0 spiro atoms. The Labute approximate surface area is 107 Å². The normalized spacial score (nSPS) is 25.8. The van der Waals surface area contributed by atoms with Crippen LogP contribution in [0.25, 0.3) is 0 Å². The fourth-order valence-electron chi connectivity index (χ4n) is 2.32. The second kappa shape index (κ2) is 6.02. The Kier molecular flexibility index (Phi) is 4.38. The summed E-state index contributed by atoms with van der Waals surface area (Å²) >= 11 is 0. The lowest BCUT2D eigenvalue weighted by Crippen LogP contribution is -2.45. The largest absolute Gasteiger partial charge is 0.468 e. The predicted octanol–water partition coefficient (Wildman–Crippen LogP) is 0.741. The molecule has 1 fully saturated rings. The molecule has 5 heteroatoms. The van der Waals surface area contributed by atoms with E-state index in [1.807, 2.05) is 19.1 Å². The van der Waals surface area contributed by atoms with Gasteiger partial charge in [-0.3, -0.25) is 9.69 Å². The van der Waals surface area contributed by atoms with Crippen molar-refractivity contribution in [3.05, 3.63) is 24.2 Å². The molecule has 2 N–H and O–H groups in total. The van der Waals surface area contributed by atoms with Gasteiger partial charge in [-0.05, 0) is 31.9 Å². The Balaban J connectivity index is 2.10. The lowest BCUT2D eigenvalue weighted by atomic mass is 10.1. The standard InChI is InChI=1S/C13H20N2O3/c1-10-4-6-15(9-11-3-2-8-18-11)12(5-7-16)13(17)14-10/h2-3,8,10,12,16H,4-7,9H2,1H3,(H,14,17). The van der Waals surface area contributed by atoms with Crippen LogP contribution in [0.3, 0.4) is 0 Å². The van der Waals surface area contributed by atoms with E-state index in [0.717, 1.165) is 18.7 Å². The van der Waals surface area contributed by atoms with Crippen LogP contribution in [0, 0.1) is 0 Å². The minimum atomic E-state index is -0.273. The van der Waals surface area contributed by atoms with Crippen molar-refractivity contribution in [1.82, 2.24) is 10.2 Å². The van der Waals surface area contributed by atoms with Crippen LogP contribution in [0.5, 0.6) is 0 Å². The summed E-state index contributed by atoms with van der Waals surface area (Å²) in [5.74, 6) is 0.848. The van der Waals surface area contributed by atoms with Crippen molar-refractivity contribution in [2.75, 3.05) is 13.2 Å². The minimum Gasteiger partial charge on any atom is -0.468 e. The van der Waals surface area contributed by atoms with Gasteiger partial charge in [-0.1, -0.05) is 0 Å². The third-order valence-electron chi connectivity index (χ3n) is 3.32. The molecule has 1 saturated heterocycles. The molecule has 0 bridgehead atoms. The number of carbonyl (C=O) groups excluding carboxylic acids is 1. The van der Waals surface area contributed by atoms with Crippen molar-refractivity contribution in [1.29, 1.82) is 0 Å². The lowest BCUT2D eigenvalue weighted by Gasteiger charge is -2.26. The van der Waals surface area contributed by atoms with Gasteiger partial charge in [0.1, 0.15) is 5.76 Å². The predicted molar refractivity (Wildman–Crippen MR) is 66.8 cm³/mol. The number of carbonyl (C=O) groups is 1. The highest BCUT2D eigenvalue weighted by molar-refractivity contribution is 5.82. The first kappa shape index (κ1) is 13.1. The molecule has 18 heavy (non-hydrogen) atoms. The Morgan fingerprint density at radius 3 is 3.11 bits per heavy atom. The Morgan fingerprint density at radius 2 is 2.44 bits per heavy atom. The molecule has 100 valence electrons. The Hall–Kier alpha value is -1.33. The van der Waals surface area contributed by atoms with Gasteiger partial charge in [-0.25, -0.2) is 0 Å². The third kappa shape index (κ3) is 3.11. The highest BCUT2D eigenvalue weighted by atomic mass is 16.3. The molecule has 0 saturated carbocycles. The quantitative estimate of drug-likeness (QED) is 0.829. The topological polar surface area (TPSA) is 65.7 Å². The maximum Gasteiger partial charge on any atom is 0.237 e. The zero-order valence-corrected chi connectivity index (χ0v) is 10.6. The van der Waals surface area contributed by atoms with Crippen LogP contribution in [0.1, 0.15) is 25.5 Å². The lowest BCUT2D eigenvalue weighted by molar-refractivity contribution is -0.126. The Bertz CT molecular complexity index is 378. The van der Waals surface area contributed by atoms with Gasteiger partial charge in [0.05, 0.1) is 18.8 Å². The molecule has 1 aromatic heterocycles. The van der Waals surface area contributed by atoms with Gasteiger partial charge in [-0.2, -0.15) is 0 Å². The first-order valence-electron chi connectivity index (χ1n) is 6.38. The van der Waals surface area contributed by atoms with Gasteiger partial charge in [0.2, 0.25) is 5.91 Å². The van der Waals surface area contributed by atoms with E-state index in [9.17, 15) is 4.79 Å². The van der Waals surface area contributed by atoms with Crippen LogP contribution in [0.2, 0.25) is 0 Å². The van der Waals surface area contributed by atoms with E-state index in [-0.39, 0.29) is 24.6 Å². The summed E-state index contributed by atoms with van der Waals surface area (Å²) in [7, 11) is 0. The summed E-state index contributed by atoms with van der Waals surface area (Å²) in [6, 6.07) is 3.66. The maximum absolute atomic E-state index is 12.1. The SMILES string of the molecule is CC1CCN(Cc2ccco2)C(CCO)C(=O)N1. The number of hydrogen-bond acceptors (Lipinski definition) is 4. The summed E-state index contributed by atoms with van der Waals surface area (Å²) in [4.78, 5) is 14.1. The molecule has 1 aliphatic rings. The summed E-state index contributed by atoms with van der Waals surface area (Å²) in [6.45, 7) is 3.45. The molecule has 2 rings (SSSR count). The summed E-state index contributed by atoms with van der Waals surface area (Å²) in [5, 5.41) is 12.1. The fraction of sp³-hybridized carbons (Fsp3) is 0.615. The van der Waals surface area contributed by atoms with E-state index in [1.165, 1.54) is 0 Å². The number of aliphatic hydroxyl groups is 1. The monoisotopic (exact) mass is 252 g/mol. The van der Waals surface area contributed by atoms with Crippen molar-refractivity contribution >= 4 is 5.91 Å². The van der Waals surface area contributed by atoms with Gasteiger partial charge < -0.3 is 14.8 Å². The van der Waals surface area contributed by atoms with Crippen molar-refractivity contribution in [3.63, 3.8) is 0 Å². The van der Waals surface area contributed by atoms with Crippen molar-refractivity contribution < 1.29 is 14.3 Å². The van der Waals surface area contributed by atoms with Gasteiger partial charge in [0.15, 0.2) is 0 Å². The second-order valence-corrected chi connectivity index (χ2v) is 4.78. The average Bonchev–Trinajstić information content (AvgIpc) is 2.80. The van der Waals surface area contributed by atoms with E-state index in [4.69, 9.17) is 9.52 Å². The molecule has 0 aliphatic carbocycles. The van der Waals surface area contributed by atoms with E-state index in [1.54, 1.807) is 6.26 Å². The second-order valence-electron chi connectivity index (χ2n) is 4.78. The molecule has 0 aromatic carbocycles. The molecule has 2 unspecified atom stereocenters. The number of nitrogens with zero attached hydrogens (tertiary/aromatic N) is 1. The number of aliphatic hydroxyl groups excluding tert-OH is 1. The van der Waals surface area contributed by atoms with Crippen molar-refractivity contribution in [3.8, 4) is 0 Å². The first-order chi connectivity index (χ1) is 8.70. The zero-order chi connectivity index (χ0) is 13.0. The molecule has 2 atom stereocenters. The van der Waals surface area contributed by atoms with Gasteiger partial charge >= 0.3 is 0 Å². The highest BCUT2D eigenvalue weighted by Crippen LogP contribution is 2.16. The van der Waals surface area contributed by atoms with E-state index < -0.39 is 0 Å². The third-order valence-corrected chi connectivity index (χ3v) is 3.32. The average molecular weight is 252 g/mol. The van der Waals surface area contributed by atoms with Crippen LogP contribution in [0.15, 0.2) is 22.8 Å². The summed E-state index contributed by atoms with van der Waals surface area (Å²) in [5.41, 5.74) is 0. The van der Waals surface area contributed by atoms with Crippen molar-refractivity contribution in [2.45, 2.75) is 38.4 Å². The fourth-order valence-corrected chi connectivity index (χ4v) is 2.32. The Morgan fingerprint density at radius 1 is 1.61 bits per heavy atom. The summed E-state index contributed by atoms with van der Waals surface area (Å²) in [6.07, 6.45) is 3.00. The molecule has 2 heterocycles. The first-order valence-corrected chi connectivity index (χ1v) is 6.38. The van der Waals surface area contributed by atoms with Crippen LogP contribution in [0.4, 0.5) is 0 Å². The summed E-state index contributed by atoms with van der Waals surface area (Å²) < 4.78 is 5.33. The zero-order valence-electron chi connectivity index (χ0n) is 10.6. The van der Waals surface area contributed by atoms with E-state index in [2.05, 4.69) is 10.2 Å². The minimum absolute atomic E-state index is 0.000561. The molecule has 5 nitrogen and oxygen atoms in total. The highest BCUT2D eigenvalue weighted by Gasteiger charge is 2.30. The van der Waals surface area contributed by atoms with Crippen LogP contribution >= 0.6 is 0 Å². The van der Waals surface area contributed by atoms with Crippen LogP contribution in [-0.4, -0.2) is 41.1 Å². The van der Waals surface area contributed by atoms with Crippen LogP contribution < -0.4 is 5.32 Å². The number of hydrogen-bond donors (Lipinski definition) is 2. The molecular formula is C13H20N2O3. The molecular weight excluding hydrogens is 232 g/mol.